The van der Waals surface area contributed by atoms with Gasteiger partial charge in [0.15, 0.2) is 0 Å². The van der Waals surface area contributed by atoms with Crippen LogP contribution in [0.1, 0.15) is 66.2 Å². The highest BCUT2D eigenvalue weighted by atomic mass is 16.6. The number of nitrogens with zero attached hydrogens (tertiary/aromatic N) is 1. The van der Waals surface area contributed by atoms with Gasteiger partial charge in [0.1, 0.15) is 12.6 Å². The zero-order chi connectivity index (χ0) is 43.2. The monoisotopic (exact) mass is 851 g/mol. The maximum Gasteiger partial charge on any atom is 0.333 e. The summed E-state index contributed by atoms with van der Waals surface area (Å²) in [6.45, 7) is 13.2. The molecule has 1 aromatic carbocycles. The normalized spacial score (nSPS) is 15.0. The number of fused-ring (bicyclic) bond motifs is 1. The lowest BCUT2D eigenvalue weighted by molar-refractivity contribution is -0.140. The van der Waals surface area contributed by atoms with Gasteiger partial charge in [-0.2, -0.15) is 0 Å². The molecule has 2 aliphatic heterocycles. The Morgan fingerprint density at radius 1 is 0.650 bits per heavy atom. The lowest BCUT2D eigenvalue weighted by Crippen LogP contribution is -2.54. The summed E-state index contributed by atoms with van der Waals surface area (Å²) in [5.74, 6) is -3.16. The van der Waals surface area contributed by atoms with Crippen molar-refractivity contribution in [2.75, 3.05) is 131 Å². The van der Waals surface area contributed by atoms with Gasteiger partial charge in [-0.3, -0.25) is 34.2 Å². The van der Waals surface area contributed by atoms with Crippen LogP contribution in [0.4, 0.5) is 5.69 Å². The number of esters is 1. The van der Waals surface area contributed by atoms with E-state index in [0.29, 0.717) is 131 Å². The number of anilines is 1. The molecule has 19 heteroatoms. The minimum atomic E-state index is -1.08. The summed E-state index contributed by atoms with van der Waals surface area (Å²) in [4.78, 5) is 74.8. The zero-order valence-electron chi connectivity index (χ0n) is 34.7. The number of hydrogen-bond acceptors (Lipinski definition) is 16. The quantitative estimate of drug-likeness (QED) is 0.0426. The molecule has 3 rings (SSSR count). The van der Waals surface area contributed by atoms with Crippen LogP contribution in [0.2, 0.25) is 0 Å². The van der Waals surface area contributed by atoms with E-state index < -0.39 is 35.6 Å². The smallest absolute Gasteiger partial charge is 0.333 e. The van der Waals surface area contributed by atoms with Gasteiger partial charge in [-0.05, 0) is 38.3 Å². The summed E-state index contributed by atoms with van der Waals surface area (Å²) in [6, 6.07) is 3.52. The molecule has 0 saturated carbocycles. The minimum absolute atomic E-state index is 0.0250. The summed E-state index contributed by atoms with van der Waals surface area (Å²) in [7, 11) is 0. The largest absolute Gasteiger partial charge is 0.460 e. The van der Waals surface area contributed by atoms with Crippen molar-refractivity contribution in [3.63, 3.8) is 0 Å². The molecule has 0 bridgehead atoms. The van der Waals surface area contributed by atoms with E-state index in [1.54, 1.807) is 19.1 Å². The summed E-state index contributed by atoms with van der Waals surface area (Å²) < 4.78 is 54.1. The zero-order valence-corrected chi connectivity index (χ0v) is 34.7. The molecule has 60 heavy (non-hydrogen) atoms. The van der Waals surface area contributed by atoms with Crippen LogP contribution in [0.5, 0.6) is 0 Å². The van der Waals surface area contributed by atoms with Crippen LogP contribution in [-0.2, 0) is 66.5 Å². The molecule has 0 aromatic heterocycles. The van der Waals surface area contributed by atoms with Gasteiger partial charge in [0.2, 0.25) is 17.7 Å². The van der Waals surface area contributed by atoms with Crippen LogP contribution in [-0.4, -0.2) is 172 Å². The average molecular weight is 852 g/mol. The molecule has 1 atom stereocenters. The second-order valence-corrected chi connectivity index (χ2v) is 13.5. The van der Waals surface area contributed by atoms with Crippen LogP contribution >= 0.6 is 0 Å². The fraction of sp³-hybridized carbons (Fsp3) is 0.659. The molecule has 5 amide bonds. The molecule has 0 spiro atoms. The summed E-state index contributed by atoms with van der Waals surface area (Å²) in [5, 5.41) is 4.90. The maximum absolute atomic E-state index is 13.2. The van der Waals surface area contributed by atoms with Crippen molar-refractivity contribution in [2.24, 2.45) is 0 Å². The van der Waals surface area contributed by atoms with Gasteiger partial charge in [0.05, 0.1) is 129 Å². The van der Waals surface area contributed by atoms with Crippen molar-refractivity contribution in [1.29, 1.82) is 0 Å². The van der Waals surface area contributed by atoms with Gasteiger partial charge < -0.3 is 52.7 Å². The number of unbranched alkanes of at least 4 members (excludes halogenated alkanes) is 2. The number of amides is 5. The van der Waals surface area contributed by atoms with Crippen LogP contribution in [0.25, 0.3) is 0 Å². The van der Waals surface area contributed by atoms with Crippen molar-refractivity contribution in [2.45, 2.75) is 51.5 Å². The van der Waals surface area contributed by atoms with Crippen molar-refractivity contribution < 1.29 is 76.1 Å². The van der Waals surface area contributed by atoms with Crippen LogP contribution in [0, 0.1) is 0 Å². The van der Waals surface area contributed by atoms with E-state index in [9.17, 15) is 28.8 Å². The number of carbonyl (C=O) groups excluding carboxylic acids is 6. The molecule has 1 saturated heterocycles. The standard InChI is InChI=1S/C41H61N3O16/c1-31(2)41(50)60-30-29-59-28-27-58-26-25-57-24-23-56-22-21-55-20-19-54-18-17-53-16-15-52-14-13-51-12-5-3-4-9-35(45)42-33-8-6-7-32-37(33)40(49)44(39(32)48)34-10-11-36(46)43-38(34)47/h6-8,34H,1,3-5,9-30H2,2H3,(H,42,45)(H,43,46,47). The fourth-order valence-corrected chi connectivity index (χ4v) is 5.68. The van der Waals surface area contributed by atoms with Crippen LogP contribution in [0.3, 0.4) is 0 Å². The maximum atomic E-state index is 13.2. The van der Waals surface area contributed by atoms with Gasteiger partial charge >= 0.3 is 5.97 Å². The van der Waals surface area contributed by atoms with Gasteiger partial charge in [-0.1, -0.05) is 19.1 Å². The highest BCUT2D eigenvalue weighted by molar-refractivity contribution is 6.26. The molecule has 2 heterocycles. The van der Waals surface area contributed by atoms with Gasteiger partial charge in [-0.15, -0.1) is 0 Å². The molecular formula is C41H61N3O16. The highest BCUT2D eigenvalue weighted by Gasteiger charge is 2.45. The second kappa shape index (κ2) is 30.8. The Morgan fingerprint density at radius 2 is 1.12 bits per heavy atom. The van der Waals surface area contributed by atoms with Gasteiger partial charge in [-0.25, -0.2) is 4.79 Å². The van der Waals surface area contributed by atoms with Crippen molar-refractivity contribution >= 4 is 41.2 Å². The minimum Gasteiger partial charge on any atom is -0.460 e. The Bertz CT molecular complexity index is 1510. The third-order valence-electron chi connectivity index (χ3n) is 8.72. The number of carbonyl (C=O) groups is 6. The third-order valence-corrected chi connectivity index (χ3v) is 8.72. The summed E-state index contributed by atoms with van der Waals surface area (Å²) in [5.41, 5.74) is 0.728. The molecule has 2 N–H and O–H groups in total. The first kappa shape index (κ1) is 50.2. The number of nitrogens with one attached hydrogen (secondary N) is 2. The topological polar surface area (TPSA) is 222 Å². The highest BCUT2D eigenvalue weighted by Crippen LogP contribution is 2.32. The van der Waals surface area contributed by atoms with Crippen molar-refractivity contribution in [1.82, 2.24) is 10.2 Å². The van der Waals surface area contributed by atoms with Crippen molar-refractivity contribution in [3.05, 3.63) is 41.5 Å². The first-order valence-corrected chi connectivity index (χ1v) is 20.4. The Hall–Kier alpha value is -4.18. The molecular weight excluding hydrogens is 790 g/mol. The summed E-state index contributed by atoms with van der Waals surface area (Å²) in [6.07, 6.45) is 2.42. The number of rotatable bonds is 36. The predicted molar refractivity (Wildman–Crippen MR) is 213 cm³/mol. The average Bonchev–Trinajstić information content (AvgIpc) is 3.48. The van der Waals surface area contributed by atoms with E-state index in [0.717, 1.165) is 17.7 Å². The van der Waals surface area contributed by atoms with E-state index in [-0.39, 0.29) is 48.6 Å². The van der Waals surface area contributed by atoms with E-state index >= 15 is 0 Å². The Labute approximate surface area is 350 Å². The molecule has 2 aliphatic rings. The molecule has 0 aliphatic carbocycles. The van der Waals surface area contributed by atoms with E-state index in [1.807, 2.05) is 0 Å². The van der Waals surface area contributed by atoms with Crippen molar-refractivity contribution in [3.8, 4) is 0 Å². The molecule has 1 unspecified atom stereocenters. The molecule has 1 aromatic rings. The Balaban J connectivity index is 1.01. The lowest BCUT2D eigenvalue weighted by Gasteiger charge is -2.27. The number of benzene rings is 1. The van der Waals surface area contributed by atoms with Crippen LogP contribution in [0.15, 0.2) is 30.4 Å². The number of piperidine rings is 1. The molecule has 19 nitrogen and oxygen atoms in total. The number of hydrogen-bond donors (Lipinski definition) is 2. The first-order chi connectivity index (χ1) is 29.2. The van der Waals surface area contributed by atoms with E-state index in [4.69, 9.17) is 47.4 Å². The Morgan fingerprint density at radius 3 is 1.58 bits per heavy atom. The van der Waals surface area contributed by atoms with E-state index in [2.05, 4.69) is 17.2 Å². The van der Waals surface area contributed by atoms with Gasteiger partial charge in [0, 0.05) is 25.0 Å². The number of imide groups is 2. The molecule has 1 fully saturated rings. The lowest BCUT2D eigenvalue weighted by atomic mass is 10.0. The van der Waals surface area contributed by atoms with Crippen LogP contribution < -0.4 is 10.6 Å². The number of ether oxygens (including phenoxy) is 10. The predicted octanol–water partition coefficient (Wildman–Crippen LogP) is 1.86. The summed E-state index contributed by atoms with van der Waals surface area (Å²) >= 11 is 0. The fourth-order valence-electron chi connectivity index (χ4n) is 5.68. The third kappa shape index (κ3) is 19.9. The SMILES string of the molecule is C=C(C)C(=O)OCCOCCOCCOCCOCCOCCOCCOCCOCCOCCCCCC(=O)Nc1cccc2c1C(=O)N(C1CCC(=O)NC1=O)C2=O. The first-order valence-electron chi connectivity index (χ1n) is 20.4. The van der Waals surface area contributed by atoms with E-state index in [1.165, 1.54) is 6.07 Å². The Kier molecular flexibility index (Phi) is 25.7. The molecule has 336 valence electrons. The second-order valence-electron chi connectivity index (χ2n) is 13.5. The molecule has 0 radical (unpaired) electrons. The van der Waals surface area contributed by atoms with Gasteiger partial charge in [0.25, 0.3) is 11.8 Å².